The van der Waals surface area contributed by atoms with Crippen molar-refractivity contribution in [2.24, 2.45) is 17.4 Å². The summed E-state index contributed by atoms with van der Waals surface area (Å²) in [6.07, 6.45) is 0.611. The Morgan fingerprint density at radius 2 is 1.48 bits per heavy atom. The van der Waals surface area contributed by atoms with Crippen molar-refractivity contribution < 1.29 is 34.2 Å². The van der Waals surface area contributed by atoms with Gasteiger partial charge in [0.15, 0.2) is 0 Å². The molecular formula is C20H37N5O7S. The van der Waals surface area contributed by atoms with Gasteiger partial charge in [-0.25, -0.2) is 4.79 Å². The van der Waals surface area contributed by atoms with E-state index in [1.54, 1.807) is 13.8 Å². The second-order valence-electron chi connectivity index (χ2n) is 8.21. The fourth-order valence-electron chi connectivity index (χ4n) is 2.82. The van der Waals surface area contributed by atoms with Crippen LogP contribution in [0.1, 0.15) is 46.5 Å². The number of rotatable bonds is 16. The van der Waals surface area contributed by atoms with E-state index in [9.17, 15) is 34.2 Å². The van der Waals surface area contributed by atoms with Crippen molar-refractivity contribution >= 4 is 41.4 Å². The molecule has 0 aliphatic carbocycles. The van der Waals surface area contributed by atoms with E-state index in [1.165, 1.54) is 18.7 Å². The van der Waals surface area contributed by atoms with Gasteiger partial charge in [0.1, 0.15) is 18.1 Å². The minimum absolute atomic E-state index is 0.0327. The van der Waals surface area contributed by atoms with E-state index in [0.29, 0.717) is 12.2 Å². The second kappa shape index (κ2) is 15.5. The summed E-state index contributed by atoms with van der Waals surface area (Å²) in [6.45, 7) is 4.82. The van der Waals surface area contributed by atoms with Crippen LogP contribution < -0.4 is 27.4 Å². The third kappa shape index (κ3) is 12.4. The first kappa shape index (κ1) is 30.6. The molecule has 0 aliphatic heterocycles. The minimum Gasteiger partial charge on any atom is -0.480 e. The number of carboxylic acids is 1. The maximum atomic E-state index is 12.8. The zero-order valence-electron chi connectivity index (χ0n) is 19.5. The first-order valence-electron chi connectivity index (χ1n) is 10.6. The number of nitrogens with one attached hydrogen (secondary N) is 3. The molecule has 0 heterocycles. The number of thioether (sulfide) groups is 1. The van der Waals surface area contributed by atoms with Gasteiger partial charge in [-0.05, 0) is 44.1 Å². The summed E-state index contributed by atoms with van der Waals surface area (Å²) in [7, 11) is 0. The summed E-state index contributed by atoms with van der Waals surface area (Å²) in [5.41, 5.74) is 11.0. The quantitative estimate of drug-likeness (QED) is 0.131. The molecule has 0 aromatic rings. The number of carbonyl (C=O) groups excluding carboxylic acids is 4. The Hall–Kier alpha value is -2.38. The van der Waals surface area contributed by atoms with E-state index in [1.807, 2.05) is 6.26 Å². The van der Waals surface area contributed by atoms with Gasteiger partial charge < -0.3 is 37.6 Å². The Balaban J connectivity index is 5.44. The van der Waals surface area contributed by atoms with Gasteiger partial charge in [0.25, 0.3) is 0 Å². The standard InChI is InChI=1S/C20H37N5O7S/c1-10(2)9-14(20(31)32)24-19(30)16(11(3)26)25-18(29)13(5-6-15(22)27)23-17(28)12(21)7-8-33-4/h10-14,16,26H,5-9,21H2,1-4H3,(H2,22,27)(H,23,28)(H,24,30)(H,25,29)(H,31,32). The van der Waals surface area contributed by atoms with Gasteiger partial charge in [-0.1, -0.05) is 13.8 Å². The number of hydrogen-bond acceptors (Lipinski definition) is 8. The predicted octanol–water partition coefficient (Wildman–Crippen LogP) is -1.70. The molecule has 0 saturated carbocycles. The summed E-state index contributed by atoms with van der Waals surface area (Å²) >= 11 is 1.50. The Bertz CT molecular complexity index is 690. The van der Waals surface area contributed by atoms with Crippen LogP contribution in [0, 0.1) is 5.92 Å². The number of aliphatic hydroxyl groups is 1. The van der Waals surface area contributed by atoms with Crippen molar-refractivity contribution in [3.8, 4) is 0 Å². The van der Waals surface area contributed by atoms with Gasteiger partial charge in [0, 0.05) is 6.42 Å². The van der Waals surface area contributed by atoms with Gasteiger partial charge in [-0.15, -0.1) is 0 Å². The molecule has 4 amide bonds. The van der Waals surface area contributed by atoms with Crippen molar-refractivity contribution in [3.63, 3.8) is 0 Å². The topological polar surface area (TPSA) is 214 Å². The molecule has 0 spiro atoms. The number of hydrogen-bond donors (Lipinski definition) is 7. The van der Waals surface area contributed by atoms with E-state index in [-0.39, 0.29) is 25.2 Å². The molecule has 9 N–H and O–H groups in total. The highest BCUT2D eigenvalue weighted by Crippen LogP contribution is 2.07. The SMILES string of the molecule is CSCCC(N)C(=O)NC(CCC(N)=O)C(=O)NC(C(=O)NC(CC(C)C)C(=O)O)C(C)O. The smallest absolute Gasteiger partial charge is 0.326 e. The monoisotopic (exact) mass is 491 g/mol. The van der Waals surface area contributed by atoms with Gasteiger partial charge in [0.05, 0.1) is 12.1 Å². The van der Waals surface area contributed by atoms with E-state index < -0.39 is 59.9 Å². The van der Waals surface area contributed by atoms with Crippen LogP contribution in [0.2, 0.25) is 0 Å². The molecule has 5 unspecified atom stereocenters. The van der Waals surface area contributed by atoms with Gasteiger partial charge in [0.2, 0.25) is 23.6 Å². The molecular weight excluding hydrogens is 454 g/mol. The van der Waals surface area contributed by atoms with Crippen LogP contribution >= 0.6 is 11.8 Å². The predicted molar refractivity (Wildman–Crippen MR) is 124 cm³/mol. The summed E-state index contributed by atoms with van der Waals surface area (Å²) in [4.78, 5) is 60.4. The number of amides is 4. The minimum atomic E-state index is -1.50. The van der Waals surface area contributed by atoms with Crippen LogP contribution in [0.25, 0.3) is 0 Å². The summed E-state index contributed by atoms with van der Waals surface area (Å²) in [5.74, 6) is -3.72. The van der Waals surface area contributed by atoms with Crippen LogP contribution in [0.5, 0.6) is 0 Å². The molecule has 13 heteroatoms. The van der Waals surface area contributed by atoms with E-state index >= 15 is 0 Å². The Kier molecular flexibility index (Phi) is 14.3. The Labute approximate surface area is 198 Å². The highest BCUT2D eigenvalue weighted by Gasteiger charge is 2.33. The van der Waals surface area contributed by atoms with Crippen LogP contribution in [0.3, 0.4) is 0 Å². The fourth-order valence-corrected chi connectivity index (χ4v) is 3.31. The average molecular weight is 492 g/mol. The number of aliphatic hydroxyl groups excluding tert-OH is 1. The number of primary amides is 1. The zero-order valence-corrected chi connectivity index (χ0v) is 20.3. The third-order valence-electron chi connectivity index (χ3n) is 4.67. The number of aliphatic carboxylic acids is 1. The fraction of sp³-hybridized carbons (Fsp3) is 0.750. The lowest BCUT2D eigenvalue weighted by Crippen LogP contribution is -2.60. The van der Waals surface area contributed by atoms with Crippen molar-refractivity contribution in [2.75, 3.05) is 12.0 Å². The molecule has 0 saturated heterocycles. The van der Waals surface area contributed by atoms with Crippen LogP contribution in [0.15, 0.2) is 0 Å². The van der Waals surface area contributed by atoms with Crippen molar-refractivity contribution in [1.29, 1.82) is 0 Å². The lowest BCUT2D eigenvalue weighted by atomic mass is 10.0. The molecule has 33 heavy (non-hydrogen) atoms. The zero-order chi connectivity index (χ0) is 25.7. The number of carboxylic acid groups (broad SMARTS) is 1. The molecule has 0 bridgehead atoms. The highest BCUT2D eigenvalue weighted by molar-refractivity contribution is 7.98. The van der Waals surface area contributed by atoms with E-state index in [4.69, 9.17) is 11.5 Å². The molecule has 0 rings (SSSR count). The number of nitrogens with two attached hydrogens (primary N) is 2. The first-order chi connectivity index (χ1) is 15.3. The first-order valence-corrected chi connectivity index (χ1v) is 12.0. The summed E-state index contributed by atoms with van der Waals surface area (Å²) < 4.78 is 0. The average Bonchev–Trinajstić information content (AvgIpc) is 2.71. The lowest BCUT2D eigenvalue weighted by molar-refractivity contribution is -0.143. The maximum Gasteiger partial charge on any atom is 0.326 e. The molecule has 190 valence electrons. The molecule has 5 atom stereocenters. The maximum absolute atomic E-state index is 12.8. The Morgan fingerprint density at radius 3 is 1.94 bits per heavy atom. The van der Waals surface area contributed by atoms with E-state index in [2.05, 4.69) is 16.0 Å². The summed E-state index contributed by atoms with van der Waals surface area (Å²) in [5, 5.41) is 26.4. The normalized spacial score (nSPS) is 15.6. The lowest BCUT2D eigenvalue weighted by Gasteiger charge is -2.26. The largest absolute Gasteiger partial charge is 0.480 e. The van der Waals surface area contributed by atoms with Crippen LogP contribution in [-0.4, -0.2) is 82.1 Å². The third-order valence-corrected chi connectivity index (χ3v) is 5.31. The number of carbonyl (C=O) groups is 5. The van der Waals surface area contributed by atoms with Gasteiger partial charge in [-0.3, -0.25) is 19.2 Å². The summed E-state index contributed by atoms with van der Waals surface area (Å²) in [6, 6.07) is -4.84. The van der Waals surface area contributed by atoms with E-state index in [0.717, 1.165) is 0 Å². The van der Waals surface area contributed by atoms with Crippen molar-refractivity contribution in [1.82, 2.24) is 16.0 Å². The Morgan fingerprint density at radius 1 is 0.909 bits per heavy atom. The van der Waals surface area contributed by atoms with Gasteiger partial charge in [-0.2, -0.15) is 11.8 Å². The van der Waals surface area contributed by atoms with Gasteiger partial charge >= 0.3 is 5.97 Å². The second-order valence-corrected chi connectivity index (χ2v) is 9.20. The van der Waals surface area contributed by atoms with Crippen LogP contribution in [-0.2, 0) is 24.0 Å². The molecule has 0 radical (unpaired) electrons. The van der Waals surface area contributed by atoms with Crippen molar-refractivity contribution in [3.05, 3.63) is 0 Å². The molecule has 0 aromatic heterocycles. The molecule has 0 aromatic carbocycles. The van der Waals surface area contributed by atoms with Crippen LogP contribution in [0.4, 0.5) is 0 Å². The van der Waals surface area contributed by atoms with Crippen molar-refractivity contribution in [2.45, 2.75) is 76.7 Å². The molecule has 12 nitrogen and oxygen atoms in total. The molecule has 0 aliphatic rings. The molecule has 0 fully saturated rings. The highest BCUT2D eigenvalue weighted by atomic mass is 32.2.